The van der Waals surface area contributed by atoms with Crippen LogP contribution in [0.5, 0.6) is 0 Å². The molecule has 0 unspecified atom stereocenters. The molecule has 0 aromatic heterocycles. The minimum atomic E-state index is -3.80. The van der Waals surface area contributed by atoms with Gasteiger partial charge in [-0.05, 0) is 38.0 Å². The molecule has 2 rings (SSSR count). The Morgan fingerprint density at radius 2 is 1.82 bits per heavy atom. The van der Waals surface area contributed by atoms with Crippen molar-refractivity contribution < 1.29 is 14.4 Å². The van der Waals surface area contributed by atoms with E-state index in [0.717, 1.165) is 32.1 Å². The summed E-state index contributed by atoms with van der Waals surface area (Å²) in [6.07, 6.45) is 4.34. The zero-order valence-electron chi connectivity index (χ0n) is 6.36. The molecule has 4 heteroatoms. The number of hydrogen-bond donors (Lipinski definition) is 2. The van der Waals surface area contributed by atoms with E-state index in [4.69, 9.17) is 9.79 Å². The maximum absolute atomic E-state index is 11.1. The van der Waals surface area contributed by atoms with Crippen LogP contribution in [0.25, 0.3) is 0 Å². The third kappa shape index (κ3) is 0.986. The largest absolute Gasteiger partial charge is 0.331 e. The highest BCUT2D eigenvalue weighted by Gasteiger charge is 2.55. The van der Waals surface area contributed by atoms with Crippen LogP contribution >= 0.6 is 7.60 Å². The highest BCUT2D eigenvalue weighted by atomic mass is 31.2. The molecule has 2 aliphatic carbocycles. The van der Waals surface area contributed by atoms with Gasteiger partial charge >= 0.3 is 7.60 Å². The second kappa shape index (κ2) is 2.09. The zero-order chi connectivity index (χ0) is 8.11. The molecule has 2 N–H and O–H groups in total. The van der Waals surface area contributed by atoms with Gasteiger partial charge in [-0.1, -0.05) is 0 Å². The molecule has 0 saturated heterocycles. The molecule has 2 fully saturated rings. The van der Waals surface area contributed by atoms with E-state index in [-0.39, 0.29) is 0 Å². The molecule has 2 bridgehead atoms. The molecule has 64 valence electrons. The quantitative estimate of drug-likeness (QED) is 0.595. The van der Waals surface area contributed by atoms with Crippen molar-refractivity contribution in [1.29, 1.82) is 0 Å². The van der Waals surface area contributed by atoms with Gasteiger partial charge in [0.25, 0.3) is 0 Å². The van der Waals surface area contributed by atoms with Gasteiger partial charge in [-0.15, -0.1) is 0 Å². The van der Waals surface area contributed by atoms with Crippen molar-refractivity contribution >= 4 is 7.60 Å². The first-order valence-corrected chi connectivity index (χ1v) is 5.70. The van der Waals surface area contributed by atoms with Crippen molar-refractivity contribution in [2.24, 2.45) is 5.92 Å². The lowest BCUT2D eigenvalue weighted by molar-refractivity contribution is 0.321. The average Bonchev–Trinajstić information content (AvgIpc) is 2.42. The van der Waals surface area contributed by atoms with E-state index in [9.17, 15) is 4.57 Å². The Balaban J connectivity index is 2.30. The lowest BCUT2D eigenvalue weighted by Gasteiger charge is -2.26. The van der Waals surface area contributed by atoms with Crippen LogP contribution in [0.15, 0.2) is 0 Å². The Hall–Kier alpha value is 0.150. The van der Waals surface area contributed by atoms with Gasteiger partial charge in [-0.25, -0.2) is 0 Å². The van der Waals surface area contributed by atoms with E-state index in [1.165, 1.54) is 0 Å². The van der Waals surface area contributed by atoms with Crippen molar-refractivity contribution in [3.63, 3.8) is 0 Å². The Kier molecular flexibility index (Phi) is 1.48. The monoisotopic (exact) mass is 176 g/mol. The summed E-state index contributed by atoms with van der Waals surface area (Å²) in [7, 11) is -3.80. The maximum atomic E-state index is 11.1. The molecule has 0 spiro atoms. The van der Waals surface area contributed by atoms with Gasteiger partial charge in [0, 0.05) is 0 Å². The molecular formula is C7H13O3P. The molecular weight excluding hydrogens is 163 g/mol. The summed E-state index contributed by atoms with van der Waals surface area (Å²) >= 11 is 0. The highest BCUT2D eigenvalue weighted by molar-refractivity contribution is 7.53. The number of fused-ring (bicyclic) bond motifs is 2. The van der Waals surface area contributed by atoms with Gasteiger partial charge < -0.3 is 9.79 Å². The van der Waals surface area contributed by atoms with E-state index in [1.54, 1.807) is 0 Å². The smallest absolute Gasteiger partial charge is 0.324 e. The van der Waals surface area contributed by atoms with Crippen LogP contribution in [0, 0.1) is 5.92 Å². The lowest BCUT2D eigenvalue weighted by Crippen LogP contribution is -2.22. The molecule has 3 nitrogen and oxygen atoms in total. The Morgan fingerprint density at radius 3 is 2.00 bits per heavy atom. The third-order valence-electron chi connectivity index (χ3n) is 3.32. The fraction of sp³-hybridized carbons (Fsp3) is 1.00. The Labute approximate surface area is 66.0 Å². The Morgan fingerprint density at radius 1 is 1.27 bits per heavy atom. The fourth-order valence-corrected chi connectivity index (χ4v) is 3.91. The predicted molar refractivity (Wildman–Crippen MR) is 41.4 cm³/mol. The third-order valence-corrected chi connectivity index (χ3v) is 5.19. The summed E-state index contributed by atoms with van der Waals surface area (Å²) in [5.41, 5.74) is 0. The van der Waals surface area contributed by atoms with Crippen molar-refractivity contribution in [3.05, 3.63) is 0 Å². The molecule has 0 atom stereocenters. The Bertz CT molecular complexity index is 212. The standard InChI is InChI=1S/C7H13O3P/c8-11(9,10)7-3-1-6(5-7)2-4-7/h6H,1-5H2,(H2,8,9,10). The summed E-state index contributed by atoms with van der Waals surface area (Å²) < 4.78 is 11.1. The second-order valence-corrected chi connectivity index (χ2v) is 5.95. The van der Waals surface area contributed by atoms with E-state index in [0.29, 0.717) is 5.92 Å². The summed E-state index contributed by atoms with van der Waals surface area (Å²) in [6, 6.07) is 0. The minimum absolute atomic E-state index is 0.586. The molecule has 0 aliphatic heterocycles. The van der Waals surface area contributed by atoms with Crippen molar-refractivity contribution in [2.45, 2.75) is 37.3 Å². The molecule has 0 aromatic carbocycles. The highest BCUT2D eigenvalue weighted by Crippen LogP contribution is 2.66. The van der Waals surface area contributed by atoms with Crippen LogP contribution in [-0.4, -0.2) is 14.9 Å². The molecule has 0 amide bonds. The van der Waals surface area contributed by atoms with Gasteiger partial charge in [-0.3, -0.25) is 4.57 Å². The lowest BCUT2D eigenvalue weighted by atomic mass is 10.0. The first kappa shape index (κ1) is 7.78. The second-order valence-electron chi connectivity index (χ2n) is 3.92. The maximum Gasteiger partial charge on any atom is 0.331 e. The first-order chi connectivity index (χ1) is 5.04. The SMILES string of the molecule is O=P(O)(O)C12CCC(CC1)C2. The van der Waals surface area contributed by atoms with Crippen LogP contribution in [0.1, 0.15) is 32.1 Å². The zero-order valence-corrected chi connectivity index (χ0v) is 7.26. The molecule has 2 saturated carbocycles. The predicted octanol–water partition coefficient (Wildman–Crippen LogP) is 1.50. The topological polar surface area (TPSA) is 57.5 Å². The molecule has 0 aromatic rings. The van der Waals surface area contributed by atoms with Crippen molar-refractivity contribution in [2.75, 3.05) is 0 Å². The van der Waals surface area contributed by atoms with Crippen molar-refractivity contribution in [3.8, 4) is 0 Å². The summed E-state index contributed by atoms with van der Waals surface area (Å²) in [5, 5.41) is -0.586. The summed E-state index contributed by atoms with van der Waals surface area (Å²) in [4.78, 5) is 18.2. The minimum Gasteiger partial charge on any atom is -0.324 e. The molecule has 2 aliphatic rings. The summed E-state index contributed by atoms with van der Waals surface area (Å²) in [6.45, 7) is 0. The number of hydrogen-bond acceptors (Lipinski definition) is 1. The molecule has 11 heavy (non-hydrogen) atoms. The van der Waals surface area contributed by atoms with Gasteiger partial charge in [0.2, 0.25) is 0 Å². The number of rotatable bonds is 1. The van der Waals surface area contributed by atoms with Crippen LogP contribution in [0.3, 0.4) is 0 Å². The average molecular weight is 176 g/mol. The van der Waals surface area contributed by atoms with E-state index >= 15 is 0 Å². The van der Waals surface area contributed by atoms with E-state index < -0.39 is 12.8 Å². The van der Waals surface area contributed by atoms with Gasteiger partial charge in [-0.2, -0.15) is 0 Å². The van der Waals surface area contributed by atoms with Crippen molar-refractivity contribution in [1.82, 2.24) is 0 Å². The fourth-order valence-electron chi connectivity index (χ4n) is 2.57. The van der Waals surface area contributed by atoms with E-state index in [2.05, 4.69) is 0 Å². The summed E-state index contributed by atoms with van der Waals surface area (Å²) in [5.74, 6) is 0.614. The van der Waals surface area contributed by atoms with Crippen LogP contribution in [0.4, 0.5) is 0 Å². The molecule has 0 heterocycles. The van der Waals surface area contributed by atoms with Crippen LogP contribution in [-0.2, 0) is 4.57 Å². The van der Waals surface area contributed by atoms with Crippen LogP contribution < -0.4 is 0 Å². The van der Waals surface area contributed by atoms with Gasteiger partial charge in [0.15, 0.2) is 0 Å². The van der Waals surface area contributed by atoms with Gasteiger partial charge in [0.05, 0.1) is 5.16 Å². The van der Waals surface area contributed by atoms with Crippen LogP contribution in [0.2, 0.25) is 0 Å². The normalized spacial score (nSPS) is 43.3. The first-order valence-electron chi connectivity index (χ1n) is 4.09. The molecule has 0 radical (unpaired) electrons. The van der Waals surface area contributed by atoms with E-state index in [1.807, 2.05) is 0 Å². The van der Waals surface area contributed by atoms with Gasteiger partial charge in [0.1, 0.15) is 0 Å².